The summed E-state index contributed by atoms with van der Waals surface area (Å²) in [5.41, 5.74) is 2.82. The van der Waals surface area contributed by atoms with Crippen molar-refractivity contribution in [1.29, 1.82) is 0 Å². The quantitative estimate of drug-likeness (QED) is 0.556. The SMILES string of the molecule is COc1c2c(cc3c1[C@@H](CC(=O)c1ccc(-c4ccc(Cl)cc4Cl)o1)[NH+](C)CC3)OCO2. The molecule has 0 spiro atoms. The molecule has 3 heterocycles. The van der Waals surface area contributed by atoms with Gasteiger partial charge in [-0.2, -0.15) is 0 Å². The molecule has 0 amide bonds. The third-order valence-corrected chi connectivity index (χ3v) is 6.69. The summed E-state index contributed by atoms with van der Waals surface area (Å²) in [6.07, 6.45) is 1.15. The van der Waals surface area contributed by atoms with E-state index in [1.807, 2.05) is 6.07 Å². The van der Waals surface area contributed by atoms with Crippen LogP contribution in [0.15, 0.2) is 40.8 Å². The number of nitrogens with one attached hydrogen (secondary N) is 1. The Labute approximate surface area is 195 Å². The van der Waals surface area contributed by atoms with Gasteiger partial charge < -0.3 is 23.5 Å². The molecular weight excluding hydrogens is 453 g/mol. The smallest absolute Gasteiger partial charge is 0.231 e. The van der Waals surface area contributed by atoms with E-state index in [1.165, 1.54) is 4.90 Å². The number of halogens is 2. The third-order valence-electron chi connectivity index (χ3n) is 6.15. The van der Waals surface area contributed by atoms with Crippen LogP contribution in [0.25, 0.3) is 11.3 Å². The summed E-state index contributed by atoms with van der Waals surface area (Å²) in [6, 6.07) is 10.5. The van der Waals surface area contributed by atoms with Gasteiger partial charge in [0.05, 0.1) is 37.7 Å². The molecule has 2 atom stereocenters. The molecule has 8 heteroatoms. The van der Waals surface area contributed by atoms with E-state index in [2.05, 4.69) is 7.05 Å². The number of hydrogen-bond donors (Lipinski definition) is 1. The highest BCUT2D eigenvalue weighted by Crippen LogP contribution is 2.48. The Morgan fingerprint density at radius 1 is 1.19 bits per heavy atom. The highest BCUT2D eigenvalue weighted by Gasteiger charge is 2.38. The zero-order valence-electron chi connectivity index (χ0n) is 17.7. The zero-order chi connectivity index (χ0) is 22.4. The normalized spacial score (nSPS) is 19.0. The van der Waals surface area contributed by atoms with Crippen molar-refractivity contribution in [2.45, 2.75) is 18.9 Å². The number of methoxy groups -OCH3 is 1. The summed E-state index contributed by atoms with van der Waals surface area (Å²) in [5, 5.41) is 1.01. The van der Waals surface area contributed by atoms with Crippen LogP contribution in [0.3, 0.4) is 0 Å². The third kappa shape index (κ3) is 3.62. The van der Waals surface area contributed by atoms with Gasteiger partial charge in [-0.1, -0.05) is 23.2 Å². The van der Waals surface area contributed by atoms with E-state index in [1.54, 1.807) is 37.4 Å². The van der Waals surface area contributed by atoms with Crippen LogP contribution in [0, 0.1) is 0 Å². The lowest BCUT2D eigenvalue weighted by atomic mass is 9.88. The number of ketones is 1. The average molecular weight is 475 g/mol. The molecule has 0 aliphatic carbocycles. The fourth-order valence-corrected chi connectivity index (χ4v) is 5.01. The first-order valence-electron chi connectivity index (χ1n) is 10.4. The Morgan fingerprint density at radius 3 is 2.81 bits per heavy atom. The number of carbonyl (C=O) groups is 1. The van der Waals surface area contributed by atoms with Crippen molar-refractivity contribution in [3.63, 3.8) is 0 Å². The molecule has 1 N–H and O–H groups in total. The van der Waals surface area contributed by atoms with Crippen molar-refractivity contribution in [2.24, 2.45) is 0 Å². The van der Waals surface area contributed by atoms with E-state index in [-0.39, 0.29) is 25.0 Å². The molecule has 2 aliphatic heterocycles. The van der Waals surface area contributed by atoms with Crippen LogP contribution in [-0.4, -0.2) is 33.3 Å². The molecule has 5 rings (SSSR count). The number of furan rings is 1. The topological polar surface area (TPSA) is 62.3 Å². The number of fused-ring (bicyclic) bond motifs is 2. The van der Waals surface area contributed by atoms with Gasteiger partial charge in [-0.05, 0) is 42.0 Å². The predicted octanol–water partition coefficient (Wildman–Crippen LogP) is 4.38. The molecule has 0 bridgehead atoms. The molecule has 1 unspecified atom stereocenters. The molecule has 1 aromatic heterocycles. The van der Waals surface area contributed by atoms with Crippen molar-refractivity contribution in [3.8, 4) is 28.6 Å². The summed E-state index contributed by atoms with van der Waals surface area (Å²) in [7, 11) is 3.71. The molecule has 0 radical (unpaired) electrons. The highest BCUT2D eigenvalue weighted by molar-refractivity contribution is 6.36. The monoisotopic (exact) mass is 474 g/mol. The van der Waals surface area contributed by atoms with Gasteiger partial charge in [-0.15, -0.1) is 0 Å². The molecular formula is C24H22Cl2NO5+. The largest absolute Gasteiger partial charge is 0.492 e. The lowest BCUT2D eigenvalue weighted by Gasteiger charge is -2.32. The van der Waals surface area contributed by atoms with Crippen molar-refractivity contribution in [1.82, 2.24) is 0 Å². The molecule has 0 fully saturated rings. The maximum atomic E-state index is 13.2. The Morgan fingerprint density at radius 2 is 2.03 bits per heavy atom. The van der Waals surface area contributed by atoms with Gasteiger partial charge >= 0.3 is 0 Å². The molecule has 2 aliphatic rings. The minimum Gasteiger partial charge on any atom is -0.492 e. The van der Waals surface area contributed by atoms with Crippen LogP contribution in [0.4, 0.5) is 0 Å². The van der Waals surface area contributed by atoms with Crippen molar-refractivity contribution >= 4 is 29.0 Å². The van der Waals surface area contributed by atoms with Gasteiger partial charge in [0.1, 0.15) is 11.8 Å². The lowest BCUT2D eigenvalue weighted by molar-refractivity contribution is -0.913. The fourth-order valence-electron chi connectivity index (χ4n) is 4.51. The van der Waals surface area contributed by atoms with E-state index in [9.17, 15) is 4.79 Å². The van der Waals surface area contributed by atoms with Crippen LogP contribution >= 0.6 is 23.2 Å². The van der Waals surface area contributed by atoms with Gasteiger partial charge in [-0.25, -0.2) is 0 Å². The van der Waals surface area contributed by atoms with Gasteiger partial charge in [-0.3, -0.25) is 4.79 Å². The van der Waals surface area contributed by atoms with Crippen LogP contribution in [0.2, 0.25) is 10.0 Å². The van der Waals surface area contributed by atoms with E-state index >= 15 is 0 Å². The first kappa shape index (κ1) is 21.2. The van der Waals surface area contributed by atoms with Gasteiger partial charge in [0.2, 0.25) is 18.3 Å². The Kier molecular flexibility index (Phi) is 5.53. The summed E-state index contributed by atoms with van der Waals surface area (Å²) in [6.45, 7) is 1.07. The number of rotatable bonds is 5. The Balaban J connectivity index is 1.45. The molecule has 2 aromatic carbocycles. The minimum atomic E-state index is -0.0941. The summed E-state index contributed by atoms with van der Waals surface area (Å²) < 4.78 is 22.8. The summed E-state index contributed by atoms with van der Waals surface area (Å²) >= 11 is 12.3. The summed E-state index contributed by atoms with van der Waals surface area (Å²) in [5.74, 6) is 2.70. The van der Waals surface area contributed by atoms with E-state index in [4.69, 9.17) is 41.8 Å². The number of Topliss-reactive ketones (excluding diaryl/α,β-unsaturated/α-hetero) is 1. The van der Waals surface area contributed by atoms with Gasteiger partial charge in [0.25, 0.3) is 0 Å². The molecule has 0 saturated carbocycles. The van der Waals surface area contributed by atoms with E-state index in [0.29, 0.717) is 44.4 Å². The molecule has 3 aromatic rings. The highest BCUT2D eigenvalue weighted by atomic mass is 35.5. The average Bonchev–Trinajstić information content (AvgIpc) is 3.44. The maximum Gasteiger partial charge on any atom is 0.231 e. The number of likely N-dealkylation sites (N-methyl/N-ethyl adjacent to an activating group) is 1. The first-order chi connectivity index (χ1) is 15.5. The van der Waals surface area contributed by atoms with Crippen molar-refractivity contribution < 1.29 is 28.3 Å². The van der Waals surface area contributed by atoms with Gasteiger partial charge in [0.15, 0.2) is 17.3 Å². The Bertz CT molecular complexity index is 1210. The van der Waals surface area contributed by atoms with Crippen LogP contribution < -0.4 is 19.1 Å². The maximum absolute atomic E-state index is 13.2. The molecule has 0 saturated heterocycles. The zero-order valence-corrected chi connectivity index (χ0v) is 19.2. The number of quaternary nitrogens is 1. The second-order valence-corrected chi connectivity index (χ2v) is 8.87. The summed E-state index contributed by atoms with van der Waals surface area (Å²) in [4.78, 5) is 14.5. The van der Waals surface area contributed by atoms with E-state index in [0.717, 1.165) is 24.1 Å². The molecule has 166 valence electrons. The lowest BCUT2D eigenvalue weighted by Crippen LogP contribution is -3.10. The number of carbonyl (C=O) groups excluding carboxylic acids is 1. The van der Waals surface area contributed by atoms with Gasteiger partial charge in [0, 0.05) is 17.0 Å². The number of benzene rings is 2. The predicted molar refractivity (Wildman–Crippen MR) is 120 cm³/mol. The minimum absolute atomic E-state index is 0.0849. The molecule has 32 heavy (non-hydrogen) atoms. The Hall–Kier alpha value is -2.67. The van der Waals surface area contributed by atoms with E-state index < -0.39 is 0 Å². The standard InChI is InChI=1S/C24H21Cl2NO5/c1-27-8-7-13-9-21-23(31-12-30-21)24(29-2)22(13)17(27)11-18(28)20-6-5-19(32-20)15-4-3-14(25)10-16(15)26/h3-6,9-10,17H,7-8,11-12H2,1-2H3/p+1/t17-/m1/s1. The van der Waals surface area contributed by atoms with Crippen molar-refractivity contribution in [2.75, 3.05) is 27.5 Å². The van der Waals surface area contributed by atoms with Crippen LogP contribution in [0.1, 0.15) is 34.1 Å². The van der Waals surface area contributed by atoms with Crippen LogP contribution in [0.5, 0.6) is 17.2 Å². The molecule has 6 nitrogen and oxygen atoms in total. The number of ether oxygens (including phenoxy) is 3. The van der Waals surface area contributed by atoms with Crippen molar-refractivity contribution in [3.05, 3.63) is 63.3 Å². The first-order valence-corrected chi connectivity index (χ1v) is 11.1. The number of hydrogen-bond acceptors (Lipinski definition) is 5. The fraction of sp³-hybridized carbons (Fsp3) is 0.292. The second kappa shape index (κ2) is 8.35. The van der Waals surface area contributed by atoms with Crippen LogP contribution in [-0.2, 0) is 6.42 Å². The second-order valence-electron chi connectivity index (χ2n) is 8.03.